The predicted molar refractivity (Wildman–Crippen MR) is 122 cm³/mol. The zero-order valence-electron chi connectivity index (χ0n) is 17.5. The van der Waals surface area contributed by atoms with Gasteiger partial charge in [0.2, 0.25) is 0 Å². The van der Waals surface area contributed by atoms with Crippen LogP contribution in [0.5, 0.6) is 0 Å². The van der Waals surface area contributed by atoms with Crippen LogP contribution in [0.4, 0.5) is 5.82 Å². The molecule has 0 unspecified atom stereocenters. The summed E-state index contributed by atoms with van der Waals surface area (Å²) in [5.41, 5.74) is 3.11. The summed E-state index contributed by atoms with van der Waals surface area (Å²) < 4.78 is 2.28. The lowest BCUT2D eigenvalue weighted by atomic mass is 10.1. The molecule has 28 heavy (non-hydrogen) atoms. The molecule has 0 saturated heterocycles. The van der Waals surface area contributed by atoms with Gasteiger partial charge >= 0.3 is 0 Å². The highest BCUT2D eigenvalue weighted by Crippen LogP contribution is 2.28. The second kappa shape index (κ2) is 11.0. The maximum atomic E-state index is 6.06. The quantitative estimate of drug-likeness (QED) is 0.431. The Kier molecular flexibility index (Phi) is 8.65. The van der Waals surface area contributed by atoms with E-state index in [1.54, 1.807) is 6.20 Å². The minimum atomic E-state index is 0.732. The minimum absolute atomic E-state index is 0.732. The molecule has 0 bridgehead atoms. The summed E-state index contributed by atoms with van der Waals surface area (Å²) in [6.45, 7) is 11.1. The maximum absolute atomic E-state index is 6.06. The lowest BCUT2D eigenvalue weighted by Crippen LogP contribution is -2.16. The van der Waals surface area contributed by atoms with Crippen LogP contribution in [0.15, 0.2) is 43.6 Å². The van der Waals surface area contributed by atoms with E-state index >= 15 is 0 Å². The van der Waals surface area contributed by atoms with Crippen molar-refractivity contribution >= 4 is 23.1 Å². The fourth-order valence-electron chi connectivity index (χ4n) is 3.22. The first kappa shape index (κ1) is 22.1. The summed E-state index contributed by atoms with van der Waals surface area (Å²) in [5, 5.41) is 3.95. The topological polar surface area (TPSA) is 33.1 Å². The highest BCUT2D eigenvalue weighted by Gasteiger charge is 2.20. The van der Waals surface area contributed by atoms with E-state index < -0.39 is 0 Å². The van der Waals surface area contributed by atoms with Crippen LogP contribution in [0.3, 0.4) is 0 Å². The first-order chi connectivity index (χ1) is 13.5. The van der Waals surface area contributed by atoms with Gasteiger partial charge in [-0.1, -0.05) is 69.5 Å². The van der Waals surface area contributed by atoms with Gasteiger partial charge in [-0.2, -0.15) is 0 Å². The molecule has 0 atom stereocenters. The van der Waals surface area contributed by atoms with Gasteiger partial charge in [-0.05, 0) is 30.3 Å². The van der Waals surface area contributed by atoms with Gasteiger partial charge < -0.3 is 14.8 Å². The molecule has 152 valence electrons. The number of nitrogens with zero attached hydrogens (tertiary/aromatic N) is 3. The number of unbranched alkanes of at least 4 members (excludes halogenated alkanes) is 4. The Morgan fingerprint density at radius 2 is 1.86 bits per heavy atom. The fraction of sp³-hybridized carbons (Fsp3) is 0.435. The summed E-state index contributed by atoms with van der Waals surface area (Å²) in [6.07, 6.45) is 8.82. The van der Waals surface area contributed by atoms with Crippen LogP contribution in [0.1, 0.15) is 56.1 Å². The van der Waals surface area contributed by atoms with Crippen molar-refractivity contribution in [3.8, 4) is 0 Å². The summed E-state index contributed by atoms with van der Waals surface area (Å²) >= 11 is 6.06. The molecule has 0 aliphatic rings. The number of hydrogen-bond donors (Lipinski definition) is 1. The Morgan fingerprint density at radius 1 is 1.18 bits per heavy atom. The maximum Gasteiger partial charge on any atom is 0.158 e. The summed E-state index contributed by atoms with van der Waals surface area (Å²) in [7, 11) is 4.01. The Bertz CT molecular complexity index is 775. The number of anilines is 1. The highest BCUT2D eigenvalue weighted by molar-refractivity contribution is 6.30. The van der Waals surface area contributed by atoms with Gasteiger partial charge in [0.1, 0.15) is 11.5 Å². The third kappa shape index (κ3) is 5.90. The van der Waals surface area contributed by atoms with E-state index in [0.29, 0.717) is 0 Å². The van der Waals surface area contributed by atoms with Gasteiger partial charge in [0.15, 0.2) is 5.82 Å². The molecule has 0 radical (unpaired) electrons. The smallest absolute Gasteiger partial charge is 0.158 e. The average molecular weight is 401 g/mol. The van der Waals surface area contributed by atoms with Gasteiger partial charge in [-0.25, -0.2) is 4.98 Å². The standard InChI is InChI=1S/C23H33ClN4/c1-6-8-9-10-11-12-21-26-23(25-7-2)22(18(3)27(4)5)28(21)17-19-13-15-20(24)16-14-19/h7,13-16,25H,2-3,6,8-12,17H2,1,4-5H3. The van der Waals surface area contributed by atoms with Crippen molar-refractivity contribution in [3.63, 3.8) is 0 Å². The summed E-state index contributed by atoms with van der Waals surface area (Å²) in [5.74, 6) is 1.89. The number of nitrogens with one attached hydrogen (secondary N) is 1. The number of benzene rings is 1. The van der Waals surface area contributed by atoms with Gasteiger partial charge in [-0.3, -0.25) is 0 Å². The zero-order chi connectivity index (χ0) is 20.5. The molecule has 0 aliphatic heterocycles. The number of halogens is 1. The normalized spacial score (nSPS) is 10.7. The molecule has 1 aromatic carbocycles. The molecular formula is C23H33ClN4. The van der Waals surface area contributed by atoms with E-state index in [9.17, 15) is 0 Å². The molecule has 0 spiro atoms. The lowest BCUT2D eigenvalue weighted by molar-refractivity contribution is 0.575. The molecule has 0 amide bonds. The molecule has 0 aliphatic carbocycles. The van der Waals surface area contributed by atoms with Crippen LogP contribution in [0.2, 0.25) is 5.02 Å². The third-order valence-electron chi connectivity index (χ3n) is 4.86. The summed E-state index contributed by atoms with van der Waals surface area (Å²) in [6, 6.07) is 8.00. The van der Waals surface area contributed by atoms with E-state index in [2.05, 4.69) is 42.1 Å². The number of rotatable bonds is 12. The summed E-state index contributed by atoms with van der Waals surface area (Å²) in [4.78, 5) is 6.92. The Hall–Kier alpha value is -2.20. The molecule has 5 heteroatoms. The van der Waals surface area contributed by atoms with E-state index in [0.717, 1.165) is 47.4 Å². The van der Waals surface area contributed by atoms with Crippen LogP contribution in [0, 0.1) is 0 Å². The van der Waals surface area contributed by atoms with E-state index in [4.69, 9.17) is 16.6 Å². The zero-order valence-corrected chi connectivity index (χ0v) is 18.2. The van der Waals surface area contributed by atoms with Gasteiger partial charge in [0.25, 0.3) is 0 Å². The van der Waals surface area contributed by atoms with Crippen molar-refractivity contribution in [2.75, 3.05) is 19.4 Å². The molecule has 2 rings (SSSR count). The van der Waals surface area contributed by atoms with Crippen LogP contribution in [0.25, 0.3) is 5.70 Å². The van der Waals surface area contributed by atoms with Gasteiger partial charge in [-0.15, -0.1) is 0 Å². The second-order valence-corrected chi connectivity index (χ2v) is 7.73. The average Bonchev–Trinajstić information content (AvgIpc) is 3.00. The van der Waals surface area contributed by atoms with E-state index in [1.807, 2.05) is 31.1 Å². The van der Waals surface area contributed by atoms with Crippen molar-refractivity contribution in [1.29, 1.82) is 0 Å². The van der Waals surface area contributed by atoms with Crippen LogP contribution < -0.4 is 5.32 Å². The molecule has 1 aromatic heterocycles. The molecule has 0 saturated carbocycles. The van der Waals surface area contributed by atoms with Gasteiger partial charge in [0.05, 0.1) is 5.70 Å². The van der Waals surface area contributed by atoms with E-state index in [-0.39, 0.29) is 0 Å². The largest absolute Gasteiger partial charge is 0.376 e. The third-order valence-corrected chi connectivity index (χ3v) is 5.11. The van der Waals surface area contributed by atoms with Crippen LogP contribution in [-0.2, 0) is 13.0 Å². The molecule has 2 aromatic rings. The van der Waals surface area contributed by atoms with Crippen molar-refractivity contribution in [2.24, 2.45) is 0 Å². The van der Waals surface area contributed by atoms with Crippen LogP contribution >= 0.6 is 11.6 Å². The van der Waals surface area contributed by atoms with Crippen molar-refractivity contribution in [2.45, 2.75) is 52.0 Å². The van der Waals surface area contributed by atoms with Gasteiger partial charge in [0, 0.05) is 32.1 Å². The number of hydrogen-bond acceptors (Lipinski definition) is 3. The second-order valence-electron chi connectivity index (χ2n) is 7.29. The minimum Gasteiger partial charge on any atom is -0.376 e. The molecule has 1 heterocycles. The Morgan fingerprint density at radius 3 is 2.46 bits per heavy atom. The fourth-order valence-corrected chi connectivity index (χ4v) is 3.35. The first-order valence-corrected chi connectivity index (χ1v) is 10.4. The van der Waals surface area contributed by atoms with Crippen molar-refractivity contribution in [3.05, 3.63) is 65.7 Å². The Balaban J connectivity index is 2.37. The predicted octanol–water partition coefficient (Wildman–Crippen LogP) is 6.19. The SMILES string of the molecule is C=CNc1nc(CCCCCCC)n(Cc2ccc(Cl)cc2)c1C(=C)N(C)C. The van der Waals surface area contributed by atoms with Crippen LogP contribution in [-0.4, -0.2) is 28.5 Å². The Labute approximate surface area is 174 Å². The number of aromatic nitrogens is 2. The van der Waals surface area contributed by atoms with E-state index in [1.165, 1.54) is 31.2 Å². The number of aryl methyl sites for hydroxylation is 1. The molecule has 0 fully saturated rings. The number of imidazole rings is 1. The van der Waals surface area contributed by atoms with Crippen molar-refractivity contribution in [1.82, 2.24) is 14.5 Å². The molecule has 1 N–H and O–H groups in total. The monoisotopic (exact) mass is 400 g/mol. The lowest BCUT2D eigenvalue weighted by Gasteiger charge is -2.20. The molecular weight excluding hydrogens is 368 g/mol. The van der Waals surface area contributed by atoms with Crippen molar-refractivity contribution < 1.29 is 0 Å². The molecule has 4 nitrogen and oxygen atoms in total. The first-order valence-electron chi connectivity index (χ1n) is 10.1. The highest BCUT2D eigenvalue weighted by atomic mass is 35.5.